The highest BCUT2D eigenvalue weighted by atomic mass is 15.3. The molecule has 0 saturated carbocycles. The summed E-state index contributed by atoms with van der Waals surface area (Å²) in [6.07, 6.45) is 2.76. The van der Waals surface area contributed by atoms with Crippen LogP contribution in [0, 0.1) is 0 Å². The van der Waals surface area contributed by atoms with Gasteiger partial charge in [0.15, 0.2) is 0 Å². The van der Waals surface area contributed by atoms with Gasteiger partial charge in [-0.25, -0.2) is 0 Å². The third kappa shape index (κ3) is 2.59. The summed E-state index contributed by atoms with van der Waals surface area (Å²) in [5.41, 5.74) is 2.86. The lowest BCUT2D eigenvalue weighted by Crippen LogP contribution is -2.56. The van der Waals surface area contributed by atoms with Crippen molar-refractivity contribution in [3.8, 4) is 0 Å². The second-order valence-corrected chi connectivity index (χ2v) is 3.79. The van der Waals surface area contributed by atoms with Crippen LogP contribution in [0.4, 0.5) is 0 Å². The van der Waals surface area contributed by atoms with Gasteiger partial charge < -0.3 is 4.90 Å². The first kappa shape index (κ1) is 11.6. The molecule has 3 N–H and O–H groups in total. The van der Waals surface area contributed by atoms with Crippen LogP contribution in [0.1, 0.15) is 20.3 Å². The highest BCUT2D eigenvalue weighted by Gasteiger charge is 2.29. The van der Waals surface area contributed by atoms with Gasteiger partial charge in [0.1, 0.15) is 0 Å². The van der Waals surface area contributed by atoms with Crippen molar-refractivity contribution in [3.05, 3.63) is 12.7 Å². The molecule has 0 radical (unpaired) electrons. The van der Waals surface area contributed by atoms with E-state index in [1.54, 1.807) is 0 Å². The maximum absolute atomic E-state index is 5.46. The summed E-state index contributed by atoms with van der Waals surface area (Å²) < 4.78 is 0. The van der Waals surface area contributed by atoms with Gasteiger partial charge in [-0.3, -0.25) is 11.3 Å². The van der Waals surface area contributed by atoms with Crippen LogP contribution in [0.15, 0.2) is 12.7 Å². The Kier molecular flexibility index (Phi) is 4.45. The zero-order valence-corrected chi connectivity index (χ0v) is 8.59. The van der Waals surface area contributed by atoms with Gasteiger partial charge in [-0.1, -0.05) is 6.08 Å². The van der Waals surface area contributed by atoms with Crippen molar-refractivity contribution in [1.82, 2.24) is 10.3 Å². The fourth-order valence-electron chi connectivity index (χ4n) is 1.04. The molecule has 0 aliphatic carbocycles. The minimum absolute atomic E-state index is 0.0446. The Bertz CT molecular complexity index is 141. The number of rotatable bonds is 5. The molecule has 0 saturated heterocycles. The van der Waals surface area contributed by atoms with Gasteiger partial charge in [0, 0.05) is 11.6 Å². The van der Waals surface area contributed by atoms with E-state index in [-0.39, 0.29) is 11.6 Å². The number of hydrazine groups is 1. The molecule has 0 aromatic heterocycles. The molecule has 0 aliphatic rings. The second-order valence-electron chi connectivity index (χ2n) is 3.79. The summed E-state index contributed by atoms with van der Waals surface area (Å²) in [6.45, 7) is 8.01. The largest absolute Gasteiger partial charge is 0.303 e. The standard InChI is InChI=1S/C9H21N3/c1-6-7-8(11-10)9(2,3)12(4)5/h6,8,11H,1,7,10H2,2-5H3. The maximum Gasteiger partial charge on any atom is 0.0423 e. The molecule has 3 heteroatoms. The molecule has 0 aromatic carbocycles. The highest BCUT2D eigenvalue weighted by molar-refractivity contribution is 4.93. The summed E-state index contributed by atoms with van der Waals surface area (Å²) in [7, 11) is 4.10. The molecule has 0 heterocycles. The second kappa shape index (κ2) is 4.60. The van der Waals surface area contributed by atoms with Gasteiger partial charge in [0.05, 0.1) is 0 Å². The highest BCUT2D eigenvalue weighted by Crippen LogP contribution is 2.17. The van der Waals surface area contributed by atoms with Crippen molar-refractivity contribution in [3.63, 3.8) is 0 Å². The van der Waals surface area contributed by atoms with E-state index >= 15 is 0 Å². The first-order chi connectivity index (χ1) is 5.46. The minimum Gasteiger partial charge on any atom is -0.303 e. The third-order valence-electron chi connectivity index (χ3n) is 2.61. The van der Waals surface area contributed by atoms with Crippen LogP contribution in [-0.2, 0) is 0 Å². The number of hydrogen-bond donors (Lipinski definition) is 2. The molecule has 1 unspecified atom stereocenters. The van der Waals surface area contributed by atoms with E-state index in [0.29, 0.717) is 0 Å². The van der Waals surface area contributed by atoms with Crippen molar-refractivity contribution >= 4 is 0 Å². The molecule has 12 heavy (non-hydrogen) atoms. The number of nitrogens with two attached hydrogens (primary N) is 1. The molecule has 0 bridgehead atoms. The Hall–Kier alpha value is -0.380. The molecule has 0 spiro atoms. The van der Waals surface area contributed by atoms with Gasteiger partial charge in [-0.2, -0.15) is 0 Å². The number of nitrogens with one attached hydrogen (secondary N) is 1. The quantitative estimate of drug-likeness (QED) is 0.364. The average Bonchev–Trinajstić information content (AvgIpc) is 1.99. The van der Waals surface area contributed by atoms with E-state index in [1.165, 1.54) is 0 Å². The van der Waals surface area contributed by atoms with Gasteiger partial charge in [0.2, 0.25) is 0 Å². The van der Waals surface area contributed by atoms with E-state index in [4.69, 9.17) is 5.84 Å². The maximum atomic E-state index is 5.46. The first-order valence-corrected chi connectivity index (χ1v) is 4.21. The summed E-state index contributed by atoms with van der Waals surface area (Å²) in [5.74, 6) is 5.46. The Morgan fingerprint density at radius 3 is 2.33 bits per heavy atom. The van der Waals surface area contributed by atoms with Crippen molar-refractivity contribution in [2.24, 2.45) is 5.84 Å². The molecule has 3 nitrogen and oxygen atoms in total. The Morgan fingerprint density at radius 1 is 1.58 bits per heavy atom. The molecular formula is C9H21N3. The van der Waals surface area contributed by atoms with E-state index in [0.717, 1.165) is 6.42 Å². The van der Waals surface area contributed by atoms with E-state index in [9.17, 15) is 0 Å². The molecule has 0 aliphatic heterocycles. The Balaban J connectivity index is 4.35. The van der Waals surface area contributed by atoms with E-state index in [2.05, 4.69) is 30.8 Å². The molecule has 72 valence electrons. The van der Waals surface area contributed by atoms with Crippen LogP contribution < -0.4 is 11.3 Å². The molecular weight excluding hydrogens is 150 g/mol. The van der Waals surface area contributed by atoms with Crippen molar-refractivity contribution in [1.29, 1.82) is 0 Å². The van der Waals surface area contributed by atoms with E-state index in [1.807, 2.05) is 20.2 Å². The van der Waals surface area contributed by atoms with Gasteiger partial charge >= 0.3 is 0 Å². The number of hydrogen-bond acceptors (Lipinski definition) is 3. The normalized spacial score (nSPS) is 14.8. The van der Waals surface area contributed by atoms with Crippen LogP contribution >= 0.6 is 0 Å². The lowest BCUT2D eigenvalue weighted by Gasteiger charge is -2.39. The van der Waals surface area contributed by atoms with Crippen LogP contribution in [0.2, 0.25) is 0 Å². The summed E-state index contributed by atoms with van der Waals surface area (Å²) in [4.78, 5) is 2.15. The Morgan fingerprint density at radius 2 is 2.08 bits per heavy atom. The fraction of sp³-hybridized carbons (Fsp3) is 0.778. The average molecular weight is 171 g/mol. The van der Waals surface area contributed by atoms with Crippen LogP contribution in [0.3, 0.4) is 0 Å². The number of nitrogens with zero attached hydrogens (tertiary/aromatic N) is 1. The van der Waals surface area contributed by atoms with Crippen LogP contribution in [0.5, 0.6) is 0 Å². The third-order valence-corrected chi connectivity index (χ3v) is 2.61. The smallest absolute Gasteiger partial charge is 0.0423 e. The Labute approximate surface area is 75.6 Å². The SMILES string of the molecule is C=CCC(NN)C(C)(C)N(C)C. The summed E-state index contributed by atoms with van der Waals surface area (Å²) >= 11 is 0. The predicted octanol–water partition coefficient (Wildman–Crippen LogP) is 0.735. The van der Waals surface area contributed by atoms with E-state index < -0.39 is 0 Å². The number of likely N-dealkylation sites (N-methyl/N-ethyl adjacent to an activating group) is 1. The fourth-order valence-corrected chi connectivity index (χ4v) is 1.04. The van der Waals surface area contributed by atoms with Crippen molar-refractivity contribution in [2.45, 2.75) is 31.8 Å². The lowest BCUT2D eigenvalue weighted by atomic mass is 9.91. The molecule has 0 rings (SSSR count). The van der Waals surface area contributed by atoms with Gasteiger partial charge in [-0.15, -0.1) is 6.58 Å². The first-order valence-electron chi connectivity index (χ1n) is 4.21. The van der Waals surface area contributed by atoms with Crippen LogP contribution in [-0.4, -0.2) is 30.6 Å². The minimum atomic E-state index is 0.0446. The van der Waals surface area contributed by atoms with Crippen LogP contribution in [0.25, 0.3) is 0 Å². The molecule has 0 fully saturated rings. The topological polar surface area (TPSA) is 41.3 Å². The summed E-state index contributed by atoms with van der Waals surface area (Å²) in [6, 6.07) is 0.241. The molecule has 0 aromatic rings. The monoisotopic (exact) mass is 171 g/mol. The molecule has 0 amide bonds. The van der Waals surface area contributed by atoms with Crippen molar-refractivity contribution in [2.75, 3.05) is 14.1 Å². The molecule has 1 atom stereocenters. The zero-order valence-electron chi connectivity index (χ0n) is 8.59. The lowest BCUT2D eigenvalue weighted by molar-refractivity contribution is 0.139. The van der Waals surface area contributed by atoms with Crippen molar-refractivity contribution < 1.29 is 0 Å². The van der Waals surface area contributed by atoms with Gasteiger partial charge in [0.25, 0.3) is 0 Å². The predicted molar refractivity (Wildman–Crippen MR) is 53.7 cm³/mol. The zero-order chi connectivity index (χ0) is 9.78. The summed E-state index contributed by atoms with van der Waals surface area (Å²) in [5, 5.41) is 0. The van der Waals surface area contributed by atoms with Gasteiger partial charge in [-0.05, 0) is 34.4 Å².